The van der Waals surface area contributed by atoms with Crippen LogP contribution in [0.3, 0.4) is 0 Å². The summed E-state index contributed by atoms with van der Waals surface area (Å²) in [5, 5.41) is 8.69. The van der Waals surface area contributed by atoms with E-state index in [1.807, 2.05) is 72.8 Å². The van der Waals surface area contributed by atoms with Crippen LogP contribution in [0.15, 0.2) is 73.6 Å². The summed E-state index contributed by atoms with van der Waals surface area (Å²) in [7, 11) is 1.59. The first-order chi connectivity index (χ1) is 20.7. The SMILES string of the molecule is C=C(C)c1cccc(C(C)(C)NC(=O)N(CCn2nc(-c3ccncc3)nc2-c2ccc(OC)c(Cl)c2)C2CCCC2)c1. The Balaban J connectivity index is 1.43. The van der Waals surface area contributed by atoms with Crippen molar-refractivity contribution in [2.24, 2.45) is 0 Å². The van der Waals surface area contributed by atoms with Gasteiger partial charge in [-0.15, -0.1) is 0 Å². The molecular formula is C34H39ClN6O2. The summed E-state index contributed by atoms with van der Waals surface area (Å²) in [6.45, 7) is 11.1. The molecule has 2 aromatic carbocycles. The molecule has 1 aliphatic carbocycles. The number of carbonyl (C=O) groups is 1. The van der Waals surface area contributed by atoms with E-state index in [4.69, 9.17) is 26.4 Å². The quantitative estimate of drug-likeness (QED) is 0.203. The smallest absolute Gasteiger partial charge is 0.318 e. The molecule has 9 heteroatoms. The zero-order chi connectivity index (χ0) is 30.6. The first-order valence-electron chi connectivity index (χ1n) is 14.7. The van der Waals surface area contributed by atoms with E-state index in [2.05, 4.69) is 29.0 Å². The molecule has 224 valence electrons. The van der Waals surface area contributed by atoms with Gasteiger partial charge in [0.1, 0.15) is 5.75 Å². The summed E-state index contributed by atoms with van der Waals surface area (Å²) in [4.78, 5) is 25.0. The van der Waals surface area contributed by atoms with Gasteiger partial charge >= 0.3 is 6.03 Å². The highest BCUT2D eigenvalue weighted by molar-refractivity contribution is 6.32. The molecule has 0 bridgehead atoms. The Kier molecular flexibility index (Phi) is 9.16. The van der Waals surface area contributed by atoms with Crippen LogP contribution >= 0.6 is 11.6 Å². The molecule has 0 atom stereocenters. The van der Waals surface area contributed by atoms with Gasteiger partial charge in [-0.2, -0.15) is 5.10 Å². The number of hydrogen-bond donors (Lipinski definition) is 1. The molecule has 2 heterocycles. The van der Waals surface area contributed by atoms with Gasteiger partial charge in [-0.3, -0.25) is 4.98 Å². The van der Waals surface area contributed by atoms with Crippen LogP contribution in [0, 0.1) is 0 Å². The molecule has 2 amide bonds. The first-order valence-corrected chi connectivity index (χ1v) is 15.1. The second kappa shape index (κ2) is 13.0. The third kappa shape index (κ3) is 6.91. The molecule has 2 aromatic heterocycles. The molecule has 1 fully saturated rings. The van der Waals surface area contributed by atoms with Crippen LogP contribution < -0.4 is 10.1 Å². The molecule has 1 saturated carbocycles. The summed E-state index contributed by atoms with van der Waals surface area (Å²) >= 11 is 6.49. The number of pyridine rings is 1. The van der Waals surface area contributed by atoms with Gasteiger partial charge in [-0.25, -0.2) is 14.5 Å². The summed E-state index contributed by atoms with van der Waals surface area (Å²) in [5.41, 5.74) is 4.18. The topological polar surface area (TPSA) is 85.2 Å². The molecule has 8 nitrogen and oxygen atoms in total. The first kappa shape index (κ1) is 30.3. The molecule has 1 aliphatic rings. The lowest BCUT2D eigenvalue weighted by atomic mass is 9.91. The van der Waals surface area contributed by atoms with Crippen LogP contribution in [0.5, 0.6) is 5.75 Å². The second-order valence-corrected chi connectivity index (χ2v) is 12.0. The molecular weight excluding hydrogens is 560 g/mol. The summed E-state index contributed by atoms with van der Waals surface area (Å²) < 4.78 is 7.22. The number of allylic oxidation sites excluding steroid dienone is 1. The van der Waals surface area contributed by atoms with Crippen LogP contribution in [0.25, 0.3) is 28.3 Å². The van der Waals surface area contributed by atoms with Crippen molar-refractivity contribution < 1.29 is 9.53 Å². The van der Waals surface area contributed by atoms with Crippen molar-refractivity contribution in [3.05, 3.63) is 89.7 Å². The maximum Gasteiger partial charge on any atom is 0.318 e. The maximum absolute atomic E-state index is 14.0. The Bertz CT molecular complexity index is 1590. The number of nitrogens with zero attached hydrogens (tertiary/aromatic N) is 5. The number of carbonyl (C=O) groups excluding carboxylic acids is 1. The summed E-state index contributed by atoms with van der Waals surface area (Å²) in [5.74, 6) is 1.84. The fraction of sp³-hybridized carbons (Fsp3) is 0.353. The predicted molar refractivity (Wildman–Crippen MR) is 172 cm³/mol. The average molecular weight is 599 g/mol. The number of aromatic nitrogens is 4. The summed E-state index contributed by atoms with van der Waals surface area (Å²) in [6.07, 6.45) is 7.65. The number of methoxy groups -OCH3 is 1. The van der Waals surface area contributed by atoms with Gasteiger partial charge in [0.15, 0.2) is 11.6 Å². The van der Waals surface area contributed by atoms with Gasteiger partial charge in [0.25, 0.3) is 0 Å². The second-order valence-electron chi connectivity index (χ2n) is 11.6. The molecule has 0 aliphatic heterocycles. The number of benzene rings is 2. The van der Waals surface area contributed by atoms with E-state index >= 15 is 0 Å². The van der Waals surface area contributed by atoms with Gasteiger partial charge in [0, 0.05) is 36.1 Å². The van der Waals surface area contributed by atoms with Crippen LogP contribution in [0.1, 0.15) is 57.6 Å². The molecule has 4 aromatic rings. The molecule has 0 radical (unpaired) electrons. The van der Waals surface area contributed by atoms with E-state index in [0.29, 0.717) is 35.5 Å². The Morgan fingerprint density at radius 3 is 2.53 bits per heavy atom. The third-order valence-corrected chi connectivity index (χ3v) is 8.39. The number of ether oxygens (including phenoxy) is 1. The molecule has 5 rings (SSSR count). The number of halogens is 1. The average Bonchev–Trinajstić information content (AvgIpc) is 3.68. The van der Waals surface area contributed by atoms with E-state index in [9.17, 15) is 4.79 Å². The minimum atomic E-state index is -0.577. The lowest BCUT2D eigenvalue weighted by molar-refractivity contribution is 0.161. The minimum Gasteiger partial charge on any atom is -0.495 e. The molecule has 43 heavy (non-hydrogen) atoms. The van der Waals surface area contributed by atoms with Crippen molar-refractivity contribution in [2.75, 3.05) is 13.7 Å². The highest BCUT2D eigenvalue weighted by Crippen LogP contribution is 2.31. The number of hydrogen-bond acceptors (Lipinski definition) is 5. The predicted octanol–water partition coefficient (Wildman–Crippen LogP) is 7.59. The van der Waals surface area contributed by atoms with Crippen molar-refractivity contribution >= 4 is 23.2 Å². The van der Waals surface area contributed by atoms with Crippen LogP contribution in [-0.2, 0) is 12.1 Å². The van der Waals surface area contributed by atoms with Gasteiger partial charge in [-0.05, 0) is 81.1 Å². The van der Waals surface area contributed by atoms with Crippen molar-refractivity contribution in [3.8, 4) is 28.5 Å². The van der Waals surface area contributed by atoms with Crippen molar-refractivity contribution in [3.63, 3.8) is 0 Å². The summed E-state index contributed by atoms with van der Waals surface area (Å²) in [6, 6.07) is 17.6. The monoisotopic (exact) mass is 598 g/mol. The van der Waals surface area contributed by atoms with Gasteiger partial charge < -0.3 is 15.0 Å². The fourth-order valence-corrected chi connectivity index (χ4v) is 5.85. The van der Waals surface area contributed by atoms with Gasteiger partial charge in [0.05, 0.1) is 24.2 Å². The fourth-order valence-electron chi connectivity index (χ4n) is 5.59. The van der Waals surface area contributed by atoms with E-state index in [0.717, 1.165) is 53.5 Å². The Labute approximate surface area is 258 Å². The van der Waals surface area contributed by atoms with Gasteiger partial charge in [-0.1, -0.05) is 54.8 Å². The maximum atomic E-state index is 14.0. The van der Waals surface area contributed by atoms with Crippen LogP contribution in [0.2, 0.25) is 5.02 Å². The molecule has 1 N–H and O–H groups in total. The zero-order valence-corrected chi connectivity index (χ0v) is 26.1. The van der Waals surface area contributed by atoms with Crippen molar-refractivity contribution in [2.45, 2.75) is 64.6 Å². The largest absolute Gasteiger partial charge is 0.495 e. The molecule has 0 spiro atoms. The zero-order valence-electron chi connectivity index (χ0n) is 25.3. The minimum absolute atomic E-state index is 0.0823. The Hall–Kier alpha value is -4.17. The highest BCUT2D eigenvalue weighted by Gasteiger charge is 2.31. The Morgan fingerprint density at radius 2 is 1.86 bits per heavy atom. The Morgan fingerprint density at radius 1 is 1.12 bits per heavy atom. The van der Waals surface area contributed by atoms with E-state index < -0.39 is 5.54 Å². The normalized spacial score (nSPS) is 13.6. The van der Waals surface area contributed by atoms with E-state index in [1.54, 1.807) is 19.5 Å². The van der Waals surface area contributed by atoms with E-state index in [-0.39, 0.29) is 12.1 Å². The lowest BCUT2D eigenvalue weighted by Crippen LogP contribution is -2.52. The number of nitrogens with one attached hydrogen (secondary N) is 1. The molecule has 0 unspecified atom stereocenters. The lowest BCUT2D eigenvalue weighted by Gasteiger charge is -2.35. The molecule has 0 saturated heterocycles. The number of urea groups is 1. The highest BCUT2D eigenvalue weighted by atomic mass is 35.5. The van der Waals surface area contributed by atoms with Gasteiger partial charge in [0.2, 0.25) is 0 Å². The van der Waals surface area contributed by atoms with Crippen LogP contribution in [-0.4, -0.2) is 50.4 Å². The number of rotatable bonds is 10. The van der Waals surface area contributed by atoms with Crippen molar-refractivity contribution in [1.82, 2.24) is 30.0 Å². The van der Waals surface area contributed by atoms with E-state index in [1.165, 1.54) is 0 Å². The van der Waals surface area contributed by atoms with Crippen molar-refractivity contribution in [1.29, 1.82) is 0 Å². The number of amides is 2. The third-order valence-electron chi connectivity index (χ3n) is 8.10. The standard InChI is InChI=1S/C34H39ClN6O2/c1-23(2)25-9-8-10-27(21-25)34(3,4)38-33(42)40(28-11-6-7-12-28)19-20-41-32(26-13-14-30(43-5)29(35)22-26)37-31(39-41)24-15-17-36-18-16-24/h8-10,13-18,21-22,28H,1,6-7,11-12,19-20H2,2-5H3,(H,38,42). The van der Waals surface area contributed by atoms with Crippen LogP contribution in [0.4, 0.5) is 4.79 Å².